The highest BCUT2D eigenvalue weighted by molar-refractivity contribution is 6.31. The fraction of sp³-hybridized carbons (Fsp3) is 0.0476. The zero-order chi connectivity index (χ0) is 18.7. The number of fused-ring (bicyclic) bond motifs is 5. The summed E-state index contributed by atoms with van der Waals surface area (Å²) < 4.78 is 5.85. The fourth-order valence-corrected chi connectivity index (χ4v) is 3.59. The van der Waals surface area contributed by atoms with Crippen LogP contribution in [0, 0.1) is 0 Å². The lowest BCUT2D eigenvalue weighted by molar-refractivity contribution is 0.0693. The minimum Gasteiger partial charge on any atom is -0.504 e. The van der Waals surface area contributed by atoms with Crippen LogP contribution in [0.25, 0.3) is 21.8 Å². The molecule has 27 heavy (non-hydrogen) atoms. The number of amides is 2. The van der Waals surface area contributed by atoms with E-state index < -0.39 is 5.91 Å². The van der Waals surface area contributed by atoms with E-state index in [-0.39, 0.29) is 28.7 Å². The monoisotopic (exact) mass is 358 g/mol. The number of ether oxygens (including phenoxy) is 1. The van der Waals surface area contributed by atoms with E-state index in [4.69, 9.17) is 4.74 Å². The van der Waals surface area contributed by atoms with Crippen molar-refractivity contribution < 1.29 is 19.4 Å². The van der Waals surface area contributed by atoms with Crippen LogP contribution < -0.4 is 4.74 Å². The summed E-state index contributed by atoms with van der Waals surface area (Å²) in [6.07, 6.45) is 0. The van der Waals surface area contributed by atoms with Gasteiger partial charge in [0.15, 0.2) is 11.5 Å². The summed E-state index contributed by atoms with van der Waals surface area (Å²) in [7, 11) is 1.45. The third kappa shape index (κ3) is 2.07. The average molecular weight is 358 g/mol. The van der Waals surface area contributed by atoms with Crippen LogP contribution in [0.2, 0.25) is 0 Å². The Hall–Kier alpha value is -3.80. The Morgan fingerprint density at radius 2 is 1.59 bits per heavy atom. The number of hydrogen-bond acceptors (Lipinski definition) is 4. The van der Waals surface area contributed by atoms with E-state index in [1.807, 2.05) is 24.3 Å². The van der Waals surface area contributed by atoms with Crippen molar-refractivity contribution in [1.82, 2.24) is 9.88 Å². The first-order valence-electron chi connectivity index (χ1n) is 8.42. The maximum atomic E-state index is 12.8. The molecule has 0 fully saturated rings. The van der Waals surface area contributed by atoms with Crippen LogP contribution in [-0.2, 0) is 0 Å². The Morgan fingerprint density at radius 1 is 0.889 bits per heavy atom. The Bertz CT molecular complexity index is 1270. The predicted octanol–water partition coefficient (Wildman–Crippen LogP) is 4.04. The molecule has 132 valence electrons. The Kier molecular flexibility index (Phi) is 3.06. The molecule has 1 aliphatic rings. The third-order valence-corrected chi connectivity index (χ3v) is 4.88. The molecular weight excluding hydrogens is 344 g/mol. The van der Waals surface area contributed by atoms with Crippen molar-refractivity contribution >= 4 is 33.6 Å². The summed E-state index contributed by atoms with van der Waals surface area (Å²) in [5.74, 6) is -0.397. The molecule has 0 saturated heterocycles. The van der Waals surface area contributed by atoms with Gasteiger partial charge in [-0.05, 0) is 18.2 Å². The van der Waals surface area contributed by atoms with Crippen LogP contribution in [-0.4, -0.2) is 33.9 Å². The van der Waals surface area contributed by atoms with Gasteiger partial charge in [-0.2, -0.15) is 0 Å². The lowest BCUT2D eigenvalue weighted by atomic mass is 10.0. The molecule has 2 heterocycles. The van der Waals surface area contributed by atoms with Crippen LogP contribution >= 0.6 is 0 Å². The van der Waals surface area contributed by atoms with Gasteiger partial charge in [0.2, 0.25) is 0 Å². The number of carbonyl (C=O) groups is 2. The minimum absolute atomic E-state index is 0.0480. The number of imide groups is 1. The molecular formula is C21H14N2O4. The van der Waals surface area contributed by atoms with E-state index in [0.29, 0.717) is 16.5 Å². The summed E-state index contributed by atoms with van der Waals surface area (Å²) in [5.41, 5.74) is 2.09. The van der Waals surface area contributed by atoms with Gasteiger partial charge in [-0.15, -0.1) is 0 Å². The second-order valence-corrected chi connectivity index (χ2v) is 6.46. The number of aromatic amines is 1. The quantitative estimate of drug-likeness (QED) is 0.530. The highest BCUT2D eigenvalue weighted by Gasteiger charge is 2.39. The molecule has 4 aromatic rings. The molecule has 3 aromatic carbocycles. The summed E-state index contributed by atoms with van der Waals surface area (Å²) in [6.45, 7) is 0. The maximum absolute atomic E-state index is 12.8. The van der Waals surface area contributed by atoms with Crippen LogP contribution in [0.3, 0.4) is 0 Å². The number of hydrogen-bond donors (Lipinski definition) is 2. The highest BCUT2D eigenvalue weighted by atomic mass is 16.5. The first-order valence-corrected chi connectivity index (χ1v) is 8.42. The summed E-state index contributed by atoms with van der Waals surface area (Å²) >= 11 is 0. The van der Waals surface area contributed by atoms with Gasteiger partial charge in [0, 0.05) is 29.4 Å². The van der Waals surface area contributed by atoms with Gasteiger partial charge >= 0.3 is 0 Å². The second-order valence-electron chi connectivity index (χ2n) is 6.46. The van der Waals surface area contributed by atoms with Crippen molar-refractivity contribution in [3.05, 3.63) is 65.7 Å². The number of benzene rings is 3. The molecule has 1 aliphatic heterocycles. The van der Waals surface area contributed by atoms with Crippen molar-refractivity contribution in [2.75, 3.05) is 7.05 Å². The first kappa shape index (κ1) is 15.5. The van der Waals surface area contributed by atoms with Crippen LogP contribution in [0.5, 0.6) is 17.2 Å². The van der Waals surface area contributed by atoms with Gasteiger partial charge in [-0.3, -0.25) is 14.5 Å². The van der Waals surface area contributed by atoms with Gasteiger partial charge in [-0.25, -0.2) is 0 Å². The normalized spacial score (nSPS) is 13.6. The van der Waals surface area contributed by atoms with E-state index in [0.717, 1.165) is 15.8 Å². The van der Waals surface area contributed by atoms with E-state index in [9.17, 15) is 14.7 Å². The van der Waals surface area contributed by atoms with E-state index in [2.05, 4.69) is 4.98 Å². The van der Waals surface area contributed by atoms with E-state index in [1.54, 1.807) is 24.3 Å². The molecule has 0 bridgehead atoms. The number of nitrogens with zero attached hydrogens (tertiary/aromatic N) is 1. The molecule has 0 aliphatic carbocycles. The zero-order valence-electron chi connectivity index (χ0n) is 14.3. The number of nitrogens with one attached hydrogen (secondary N) is 1. The third-order valence-electron chi connectivity index (χ3n) is 4.88. The maximum Gasteiger partial charge on any atom is 0.265 e. The molecule has 5 rings (SSSR count). The summed E-state index contributed by atoms with van der Waals surface area (Å²) in [6, 6.07) is 15.8. The van der Waals surface area contributed by atoms with Gasteiger partial charge < -0.3 is 14.8 Å². The average Bonchev–Trinajstić information content (AvgIpc) is 3.14. The van der Waals surface area contributed by atoms with Gasteiger partial charge in [0.25, 0.3) is 11.8 Å². The number of aromatic nitrogens is 1. The number of para-hydroxylation sites is 3. The smallest absolute Gasteiger partial charge is 0.265 e. The highest BCUT2D eigenvalue weighted by Crippen LogP contribution is 2.42. The molecule has 0 saturated carbocycles. The number of carbonyl (C=O) groups excluding carboxylic acids is 2. The van der Waals surface area contributed by atoms with Crippen molar-refractivity contribution in [3.8, 4) is 17.2 Å². The van der Waals surface area contributed by atoms with Gasteiger partial charge in [0.1, 0.15) is 5.75 Å². The predicted molar refractivity (Wildman–Crippen MR) is 100 cm³/mol. The molecule has 0 unspecified atom stereocenters. The Balaban J connectivity index is 1.85. The van der Waals surface area contributed by atoms with Crippen LogP contribution in [0.1, 0.15) is 20.7 Å². The van der Waals surface area contributed by atoms with Crippen LogP contribution in [0.15, 0.2) is 54.6 Å². The van der Waals surface area contributed by atoms with Crippen LogP contribution in [0.4, 0.5) is 0 Å². The van der Waals surface area contributed by atoms with E-state index in [1.165, 1.54) is 13.1 Å². The Labute approximate surface area is 153 Å². The standard InChI is InChI=1S/C21H14N2O4/c1-23-20(25)18-16(27-15-9-5-4-8-14(15)24)10-13-17(19(18)21(23)26)11-6-2-3-7-12(11)22-13/h2-10,22,24H,1H3. The number of phenolic OH excluding ortho intramolecular Hbond substituents is 1. The van der Waals surface area contributed by atoms with Crippen molar-refractivity contribution in [2.24, 2.45) is 0 Å². The summed E-state index contributed by atoms with van der Waals surface area (Å²) in [5, 5.41) is 11.6. The topological polar surface area (TPSA) is 82.6 Å². The van der Waals surface area contributed by atoms with Crippen molar-refractivity contribution in [1.29, 1.82) is 0 Å². The molecule has 6 nitrogen and oxygen atoms in total. The SMILES string of the molecule is CN1C(=O)c2c(Oc3ccccc3O)cc3[nH]c4ccccc4c3c2C1=O. The molecule has 2 amide bonds. The minimum atomic E-state index is -0.424. The molecule has 0 atom stereocenters. The van der Waals surface area contributed by atoms with Gasteiger partial charge in [0.05, 0.1) is 16.6 Å². The van der Waals surface area contributed by atoms with Gasteiger partial charge in [-0.1, -0.05) is 30.3 Å². The number of aromatic hydroxyl groups is 1. The molecule has 0 spiro atoms. The molecule has 2 N–H and O–H groups in total. The van der Waals surface area contributed by atoms with Crippen molar-refractivity contribution in [3.63, 3.8) is 0 Å². The van der Waals surface area contributed by atoms with Crippen molar-refractivity contribution in [2.45, 2.75) is 0 Å². The number of H-pyrrole nitrogens is 1. The fourth-order valence-electron chi connectivity index (χ4n) is 3.59. The summed E-state index contributed by atoms with van der Waals surface area (Å²) in [4.78, 5) is 29.9. The largest absolute Gasteiger partial charge is 0.504 e. The lowest BCUT2D eigenvalue weighted by Crippen LogP contribution is -2.24. The number of rotatable bonds is 2. The molecule has 1 aromatic heterocycles. The Morgan fingerprint density at radius 3 is 2.41 bits per heavy atom. The number of phenols is 1. The first-order chi connectivity index (χ1) is 13.1. The second kappa shape index (κ2) is 5.35. The van der Waals surface area contributed by atoms with E-state index >= 15 is 0 Å². The zero-order valence-corrected chi connectivity index (χ0v) is 14.3. The molecule has 0 radical (unpaired) electrons. The lowest BCUT2D eigenvalue weighted by Gasteiger charge is -2.11. The molecule has 6 heteroatoms.